The molecule has 3 nitrogen and oxygen atoms in total. The summed E-state index contributed by atoms with van der Waals surface area (Å²) >= 11 is 0. The quantitative estimate of drug-likeness (QED) is 0.577. The highest BCUT2D eigenvalue weighted by atomic mass is 16.6. The monoisotopic (exact) mass is 168 g/mol. The lowest BCUT2D eigenvalue weighted by molar-refractivity contribution is -0.127. The Morgan fingerprint density at radius 1 is 1.58 bits per heavy atom. The van der Waals surface area contributed by atoms with Crippen molar-refractivity contribution in [1.82, 2.24) is 0 Å². The molecule has 0 aromatic rings. The van der Waals surface area contributed by atoms with Gasteiger partial charge in [0, 0.05) is 12.8 Å². The number of aliphatic hydroxyl groups excluding tert-OH is 1. The average Bonchev–Trinajstić information content (AvgIpc) is 2.05. The first-order valence-electron chi connectivity index (χ1n) is 4.28. The van der Waals surface area contributed by atoms with Crippen molar-refractivity contribution in [2.45, 2.75) is 25.6 Å². The fourth-order valence-electron chi connectivity index (χ4n) is 1.83. The molecule has 1 N–H and O–H groups in total. The molecule has 1 aliphatic heterocycles. The molecule has 0 aromatic heterocycles. The van der Waals surface area contributed by atoms with Gasteiger partial charge in [-0.3, -0.25) is 4.79 Å². The number of hydrogen-bond donors (Lipinski definition) is 1. The summed E-state index contributed by atoms with van der Waals surface area (Å²) in [5.74, 6) is 0.577. The SMILES string of the molecule is O=C1C=C2COC(O)CC2CC1. The lowest BCUT2D eigenvalue weighted by atomic mass is 9.84. The number of carbonyl (C=O) groups is 1. The molecule has 0 saturated carbocycles. The highest BCUT2D eigenvalue weighted by molar-refractivity contribution is 5.91. The normalized spacial score (nSPS) is 35.8. The van der Waals surface area contributed by atoms with Crippen molar-refractivity contribution in [3.63, 3.8) is 0 Å². The number of fused-ring (bicyclic) bond motifs is 1. The first-order valence-corrected chi connectivity index (χ1v) is 4.28. The summed E-state index contributed by atoms with van der Waals surface area (Å²) in [6.45, 7) is 0.428. The molecular formula is C9H12O3. The molecule has 0 spiro atoms. The van der Waals surface area contributed by atoms with Crippen LogP contribution in [0.1, 0.15) is 19.3 Å². The van der Waals surface area contributed by atoms with Crippen molar-refractivity contribution in [1.29, 1.82) is 0 Å². The Hall–Kier alpha value is -0.670. The number of aliphatic hydroxyl groups is 1. The maximum atomic E-state index is 11.0. The molecule has 12 heavy (non-hydrogen) atoms. The van der Waals surface area contributed by atoms with Gasteiger partial charge < -0.3 is 9.84 Å². The van der Waals surface area contributed by atoms with Crippen LogP contribution in [0.15, 0.2) is 11.6 Å². The second-order valence-electron chi connectivity index (χ2n) is 3.42. The zero-order valence-electron chi connectivity index (χ0n) is 6.82. The van der Waals surface area contributed by atoms with Gasteiger partial charge in [0.1, 0.15) is 0 Å². The highest BCUT2D eigenvalue weighted by Gasteiger charge is 2.28. The van der Waals surface area contributed by atoms with E-state index in [2.05, 4.69) is 0 Å². The van der Waals surface area contributed by atoms with Gasteiger partial charge >= 0.3 is 0 Å². The van der Waals surface area contributed by atoms with Gasteiger partial charge in [-0.15, -0.1) is 0 Å². The van der Waals surface area contributed by atoms with E-state index in [1.807, 2.05) is 0 Å². The molecule has 2 unspecified atom stereocenters. The second kappa shape index (κ2) is 2.99. The number of ether oxygens (including phenoxy) is 1. The van der Waals surface area contributed by atoms with Crippen LogP contribution < -0.4 is 0 Å². The Labute approximate surface area is 71.0 Å². The molecule has 1 fully saturated rings. The van der Waals surface area contributed by atoms with Gasteiger partial charge in [-0.05, 0) is 24.0 Å². The number of rotatable bonds is 0. The van der Waals surface area contributed by atoms with E-state index in [-0.39, 0.29) is 5.78 Å². The van der Waals surface area contributed by atoms with Crippen LogP contribution in [0.25, 0.3) is 0 Å². The minimum absolute atomic E-state index is 0.196. The lowest BCUT2D eigenvalue weighted by Gasteiger charge is -2.31. The van der Waals surface area contributed by atoms with Crippen LogP contribution >= 0.6 is 0 Å². The predicted molar refractivity (Wildman–Crippen MR) is 42.4 cm³/mol. The van der Waals surface area contributed by atoms with E-state index >= 15 is 0 Å². The van der Waals surface area contributed by atoms with Crippen LogP contribution in [0.3, 0.4) is 0 Å². The van der Waals surface area contributed by atoms with E-state index in [9.17, 15) is 9.90 Å². The summed E-state index contributed by atoms with van der Waals surface area (Å²) in [7, 11) is 0. The Kier molecular flexibility index (Phi) is 1.98. The third-order valence-electron chi connectivity index (χ3n) is 2.54. The predicted octanol–water partition coefficient (Wildman–Crippen LogP) is 0.631. The van der Waals surface area contributed by atoms with Gasteiger partial charge in [0.2, 0.25) is 0 Å². The zero-order chi connectivity index (χ0) is 8.55. The third-order valence-corrected chi connectivity index (χ3v) is 2.54. The molecule has 0 aromatic carbocycles. The molecular weight excluding hydrogens is 156 g/mol. The van der Waals surface area contributed by atoms with E-state index in [1.165, 1.54) is 0 Å². The van der Waals surface area contributed by atoms with Crippen LogP contribution in [0.2, 0.25) is 0 Å². The molecule has 1 saturated heterocycles. The van der Waals surface area contributed by atoms with Crippen molar-refractivity contribution in [3.05, 3.63) is 11.6 Å². The number of hydrogen-bond acceptors (Lipinski definition) is 3. The summed E-state index contributed by atoms with van der Waals surface area (Å²) in [5.41, 5.74) is 1.07. The summed E-state index contributed by atoms with van der Waals surface area (Å²) in [6.07, 6.45) is 3.21. The van der Waals surface area contributed by atoms with Crippen LogP contribution in [-0.4, -0.2) is 23.8 Å². The van der Waals surface area contributed by atoms with Gasteiger partial charge in [0.15, 0.2) is 12.1 Å². The van der Waals surface area contributed by atoms with Gasteiger partial charge in [-0.2, -0.15) is 0 Å². The number of ketones is 1. The van der Waals surface area contributed by atoms with Gasteiger partial charge in [-0.25, -0.2) is 0 Å². The number of carbonyl (C=O) groups excluding carboxylic acids is 1. The fourth-order valence-corrected chi connectivity index (χ4v) is 1.83. The molecule has 3 heteroatoms. The smallest absolute Gasteiger partial charge is 0.155 e. The Bertz CT molecular complexity index is 232. The Morgan fingerprint density at radius 2 is 2.42 bits per heavy atom. The van der Waals surface area contributed by atoms with Gasteiger partial charge in [-0.1, -0.05) is 0 Å². The summed E-state index contributed by atoms with van der Waals surface area (Å²) < 4.78 is 5.03. The minimum Gasteiger partial charge on any atom is -0.368 e. The molecule has 0 bridgehead atoms. The largest absolute Gasteiger partial charge is 0.368 e. The van der Waals surface area contributed by atoms with Crippen LogP contribution in [0.4, 0.5) is 0 Å². The highest BCUT2D eigenvalue weighted by Crippen LogP contribution is 2.31. The molecule has 2 atom stereocenters. The molecule has 1 aliphatic carbocycles. The van der Waals surface area contributed by atoms with E-state index in [1.54, 1.807) is 6.08 Å². The van der Waals surface area contributed by atoms with Gasteiger partial charge in [0.05, 0.1) is 6.61 Å². The topological polar surface area (TPSA) is 46.5 Å². The fraction of sp³-hybridized carbons (Fsp3) is 0.667. The van der Waals surface area contributed by atoms with Crippen molar-refractivity contribution >= 4 is 5.78 Å². The molecule has 1 heterocycles. The van der Waals surface area contributed by atoms with Crippen molar-refractivity contribution in [3.8, 4) is 0 Å². The van der Waals surface area contributed by atoms with Crippen LogP contribution in [0, 0.1) is 5.92 Å². The summed E-state index contributed by atoms with van der Waals surface area (Å²) in [5, 5.41) is 9.18. The Balaban J connectivity index is 2.13. The maximum absolute atomic E-state index is 11.0. The molecule has 2 rings (SSSR count). The van der Waals surface area contributed by atoms with Gasteiger partial charge in [0.25, 0.3) is 0 Å². The van der Waals surface area contributed by atoms with Crippen molar-refractivity contribution in [2.24, 2.45) is 5.92 Å². The standard InChI is InChI=1S/C9H12O3/c10-8-2-1-6-4-9(11)12-5-7(6)3-8/h3,6,9,11H,1-2,4-5H2. The van der Waals surface area contributed by atoms with E-state index in [0.717, 1.165) is 12.0 Å². The third kappa shape index (κ3) is 1.42. The zero-order valence-corrected chi connectivity index (χ0v) is 6.82. The minimum atomic E-state index is -0.625. The molecule has 66 valence electrons. The molecule has 0 radical (unpaired) electrons. The summed E-state index contributed by atoms with van der Waals surface area (Å²) in [4.78, 5) is 11.0. The second-order valence-corrected chi connectivity index (χ2v) is 3.42. The average molecular weight is 168 g/mol. The van der Waals surface area contributed by atoms with E-state index < -0.39 is 6.29 Å². The number of allylic oxidation sites excluding steroid dienone is 1. The maximum Gasteiger partial charge on any atom is 0.155 e. The molecule has 0 amide bonds. The van der Waals surface area contributed by atoms with Crippen molar-refractivity contribution in [2.75, 3.05) is 6.61 Å². The van der Waals surface area contributed by atoms with Crippen LogP contribution in [-0.2, 0) is 9.53 Å². The van der Waals surface area contributed by atoms with Crippen molar-refractivity contribution < 1.29 is 14.6 Å². The first kappa shape index (κ1) is 7.95. The molecule has 2 aliphatic rings. The first-order chi connectivity index (χ1) is 5.75. The Morgan fingerprint density at radius 3 is 3.25 bits per heavy atom. The van der Waals surface area contributed by atoms with Crippen LogP contribution in [0.5, 0.6) is 0 Å². The summed E-state index contributed by atoms with van der Waals surface area (Å²) in [6, 6.07) is 0. The lowest BCUT2D eigenvalue weighted by Crippen LogP contribution is -2.30. The van der Waals surface area contributed by atoms with E-state index in [0.29, 0.717) is 25.4 Å². The van der Waals surface area contributed by atoms with E-state index in [4.69, 9.17) is 4.74 Å².